The van der Waals surface area contributed by atoms with Crippen molar-refractivity contribution in [1.29, 1.82) is 0 Å². The van der Waals surface area contributed by atoms with Gasteiger partial charge in [0.2, 0.25) is 0 Å². The predicted molar refractivity (Wildman–Crippen MR) is 56.0 cm³/mol. The van der Waals surface area contributed by atoms with E-state index in [1.807, 2.05) is 0 Å². The van der Waals surface area contributed by atoms with Crippen molar-refractivity contribution < 1.29 is 13.2 Å². The summed E-state index contributed by atoms with van der Waals surface area (Å²) in [6.07, 6.45) is -4.48. The highest BCUT2D eigenvalue weighted by atomic mass is 35.5. The monoisotopic (exact) mass is 251 g/mol. The van der Waals surface area contributed by atoms with Gasteiger partial charge in [-0.1, -0.05) is 17.7 Å². The van der Waals surface area contributed by atoms with E-state index in [2.05, 4.69) is 4.99 Å². The van der Waals surface area contributed by atoms with E-state index in [4.69, 9.17) is 23.1 Å². The molecule has 0 saturated heterocycles. The number of hydrogen-bond donors (Lipinski definition) is 2. The quantitative estimate of drug-likeness (QED) is 0.625. The number of guanidine groups is 1. The molecule has 16 heavy (non-hydrogen) atoms. The highest BCUT2D eigenvalue weighted by molar-refractivity contribution is 6.31. The molecule has 1 aromatic rings. The Morgan fingerprint density at radius 2 is 1.94 bits per heavy atom. The predicted octanol–water partition coefficient (Wildman–Crippen LogP) is 2.13. The molecule has 0 spiro atoms. The molecule has 0 heterocycles. The first-order valence-corrected chi connectivity index (χ1v) is 4.59. The fourth-order valence-electron chi connectivity index (χ4n) is 1.07. The fourth-order valence-corrected chi connectivity index (χ4v) is 1.30. The molecular formula is C9H9ClF3N3. The van der Waals surface area contributed by atoms with Gasteiger partial charge in [-0.25, -0.2) is 4.99 Å². The Morgan fingerprint density at radius 1 is 1.31 bits per heavy atom. The van der Waals surface area contributed by atoms with Gasteiger partial charge >= 0.3 is 6.18 Å². The number of rotatable bonds is 2. The van der Waals surface area contributed by atoms with E-state index in [1.54, 1.807) is 0 Å². The molecule has 0 unspecified atom stereocenters. The van der Waals surface area contributed by atoms with E-state index < -0.39 is 11.7 Å². The van der Waals surface area contributed by atoms with Crippen LogP contribution in [0.5, 0.6) is 0 Å². The first kappa shape index (κ1) is 12.6. The molecule has 1 rings (SSSR count). The van der Waals surface area contributed by atoms with Gasteiger partial charge in [-0.2, -0.15) is 13.2 Å². The van der Waals surface area contributed by atoms with Crippen LogP contribution in [0.15, 0.2) is 23.2 Å². The van der Waals surface area contributed by atoms with Crippen molar-refractivity contribution in [1.82, 2.24) is 0 Å². The number of benzene rings is 1. The molecule has 0 aliphatic heterocycles. The van der Waals surface area contributed by atoms with Crippen molar-refractivity contribution in [2.75, 3.05) is 0 Å². The number of alkyl halides is 3. The molecule has 0 aromatic heterocycles. The lowest BCUT2D eigenvalue weighted by Crippen LogP contribution is -2.22. The van der Waals surface area contributed by atoms with Crippen LogP contribution in [-0.4, -0.2) is 5.96 Å². The number of aliphatic imine (C=N–C) groups is 1. The standard InChI is InChI=1S/C9H9ClF3N3/c10-7-2-1-5(4-16-8(14)15)3-6(7)9(11,12)13/h1-3H,4H2,(H4,14,15,16). The second-order valence-corrected chi connectivity index (χ2v) is 3.46. The van der Waals surface area contributed by atoms with Crippen molar-refractivity contribution in [3.63, 3.8) is 0 Å². The van der Waals surface area contributed by atoms with E-state index in [1.165, 1.54) is 12.1 Å². The molecule has 0 bridgehead atoms. The van der Waals surface area contributed by atoms with Crippen LogP contribution in [0.4, 0.5) is 13.2 Å². The van der Waals surface area contributed by atoms with E-state index in [9.17, 15) is 13.2 Å². The van der Waals surface area contributed by atoms with Crippen LogP contribution in [0.1, 0.15) is 11.1 Å². The number of nitrogens with two attached hydrogens (primary N) is 2. The lowest BCUT2D eigenvalue weighted by Gasteiger charge is -2.09. The average Bonchev–Trinajstić information content (AvgIpc) is 2.14. The number of nitrogens with zero attached hydrogens (tertiary/aromatic N) is 1. The summed E-state index contributed by atoms with van der Waals surface area (Å²) in [5.41, 5.74) is 9.59. The van der Waals surface area contributed by atoms with Crippen molar-refractivity contribution in [2.24, 2.45) is 16.5 Å². The highest BCUT2D eigenvalue weighted by Crippen LogP contribution is 2.35. The molecule has 0 fully saturated rings. The van der Waals surface area contributed by atoms with Gasteiger partial charge in [0.1, 0.15) is 0 Å². The van der Waals surface area contributed by atoms with Gasteiger partial charge < -0.3 is 11.5 Å². The second kappa shape index (κ2) is 4.61. The van der Waals surface area contributed by atoms with Gasteiger partial charge in [-0.15, -0.1) is 0 Å². The molecule has 0 amide bonds. The third-order valence-electron chi connectivity index (χ3n) is 1.78. The molecule has 1 aromatic carbocycles. The summed E-state index contributed by atoms with van der Waals surface area (Å²) in [6.45, 7) is -0.0113. The van der Waals surface area contributed by atoms with Crippen LogP contribution in [0.3, 0.4) is 0 Å². The summed E-state index contributed by atoms with van der Waals surface area (Å²) in [6, 6.07) is 3.53. The maximum Gasteiger partial charge on any atom is 0.417 e. The van der Waals surface area contributed by atoms with Gasteiger partial charge in [0, 0.05) is 0 Å². The molecule has 4 N–H and O–H groups in total. The van der Waals surface area contributed by atoms with Crippen LogP contribution in [0, 0.1) is 0 Å². The Bertz CT molecular complexity index is 411. The maximum absolute atomic E-state index is 12.5. The Balaban J connectivity index is 3.04. The SMILES string of the molecule is NC(N)=NCc1ccc(Cl)c(C(F)(F)F)c1. The van der Waals surface area contributed by atoms with Crippen molar-refractivity contribution in [2.45, 2.75) is 12.7 Å². The van der Waals surface area contributed by atoms with Crippen molar-refractivity contribution in [3.8, 4) is 0 Å². The Morgan fingerprint density at radius 3 is 2.44 bits per heavy atom. The summed E-state index contributed by atoms with van der Waals surface area (Å²) >= 11 is 5.44. The van der Waals surface area contributed by atoms with E-state index in [-0.39, 0.29) is 17.5 Å². The lowest BCUT2D eigenvalue weighted by atomic mass is 10.1. The molecule has 3 nitrogen and oxygen atoms in total. The fraction of sp³-hybridized carbons (Fsp3) is 0.222. The zero-order chi connectivity index (χ0) is 12.3. The maximum atomic E-state index is 12.5. The largest absolute Gasteiger partial charge is 0.417 e. The zero-order valence-electron chi connectivity index (χ0n) is 8.05. The first-order valence-electron chi connectivity index (χ1n) is 4.21. The molecule has 7 heteroatoms. The molecule has 0 aliphatic rings. The van der Waals surface area contributed by atoms with Crippen LogP contribution < -0.4 is 11.5 Å². The molecule has 88 valence electrons. The smallest absolute Gasteiger partial charge is 0.370 e. The third kappa shape index (κ3) is 3.30. The van der Waals surface area contributed by atoms with E-state index in [0.29, 0.717) is 5.56 Å². The summed E-state index contributed by atoms with van der Waals surface area (Å²) in [4.78, 5) is 3.61. The normalized spacial score (nSPS) is 11.2. The second-order valence-electron chi connectivity index (χ2n) is 3.05. The minimum atomic E-state index is -4.48. The molecule has 0 saturated carbocycles. The summed E-state index contributed by atoms with van der Waals surface area (Å²) in [5.74, 6) is -0.177. The van der Waals surface area contributed by atoms with Gasteiger partial charge in [-0.05, 0) is 17.7 Å². The van der Waals surface area contributed by atoms with E-state index >= 15 is 0 Å². The number of hydrogen-bond acceptors (Lipinski definition) is 1. The van der Waals surface area contributed by atoms with Crippen LogP contribution in [0.2, 0.25) is 5.02 Å². The highest BCUT2D eigenvalue weighted by Gasteiger charge is 2.33. The Labute approximate surface area is 94.9 Å². The summed E-state index contributed by atoms with van der Waals surface area (Å²) in [7, 11) is 0. The van der Waals surface area contributed by atoms with Crippen molar-refractivity contribution in [3.05, 3.63) is 34.3 Å². The van der Waals surface area contributed by atoms with E-state index in [0.717, 1.165) is 6.07 Å². The average molecular weight is 252 g/mol. The van der Waals surface area contributed by atoms with Crippen molar-refractivity contribution >= 4 is 17.6 Å². The first-order chi connectivity index (χ1) is 7.30. The van der Waals surface area contributed by atoms with Crippen LogP contribution in [0.25, 0.3) is 0 Å². The van der Waals surface area contributed by atoms with Gasteiger partial charge in [-0.3, -0.25) is 0 Å². The van der Waals surface area contributed by atoms with Crippen LogP contribution in [-0.2, 0) is 12.7 Å². The Kier molecular flexibility index (Phi) is 3.64. The molecule has 0 radical (unpaired) electrons. The minimum Gasteiger partial charge on any atom is -0.370 e. The molecule has 0 atom stereocenters. The third-order valence-corrected chi connectivity index (χ3v) is 2.11. The molecule has 0 aliphatic carbocycles. The van der Waals surface area contributed by atoms with Gasteiger partial charge in [0.05, 0.1) is 17.1 Å². The topological polar surface area (TPSA) is 64.4 Å². The molecular weight excluding hydrogens is 243 g/mol. The Hall–Kier alpha value is -1.43. The van der Waals surface area contributed by atoms with Gasteiger partial charge in [0.25, 0.3) is 0 Å². The lowest BCUT2D eigenvalue weighted by molar-refractivity contribution is -0.137. The zero-order valence-corrected chi connectivity index (χ0v) is 8.81. The van der Waals surface area contributed by atoms with Crippen LogP contribution >= 0.6 is 11.6 Å². The summed E-state index contributed by atoms with van der Waals surface area (Å²) < 4.78 is 37.4. The van der Waals surface area contributed by atoms with Gasteiger partial charge in [0.15, 0.2) is 5.96 Å². The summed E-state index contributed by atoms with van der Waals surface area (Å²) in [5, 5.41) is -0.346. The minimum absolute atomic E-state index is 0.0113. The number of halogens is 4.